The number of carbonyl (C=O) groups is 6. The predicted octanol–water partition coefficient (Wildman–Crippen LogP) is 18.2. The number of aromatic hydroxyl groups is 2. The number of amides is 3. The third-order valence-electron chi connectivity index (χ3n) is 20.8. The number of nitro groups is 3. The molecule has 144 heavy (non-hydrogen) atoms. The van der Waals surface area contributed by atoms with Gasteiger partial charge in [-0.1, -0.05) is 105 Å². The second-order valence-corrected chi connectivity index (χ2v) is 32.3. The number of nitriles is 1. The zero-order valence-electron chi connectivity index (χ0n) is 75.9. The minimum Gasteiger partial charge on any atom is -0.505 e. The molecule has 10 aromatic rings. The van der Waals surface area contributed by atoms with Gasteiger partial charge in [-0.3, -0.25) is 54.3 Å². The number of alkyl halides is 2. The van der Waals surface area contributed by atoms with Crippen LogP contribution in [0.5, 0.6) is 11.5 Å². The molecule has 7 aromatic carbocycles. The summed E-state index contributed by atoms with van der Waals surface area (Å²) in [7, 11) is 0. The lowest BCUT2D eigenvalue weighted by atomic mass is 9.89. The SMILES string of the molecule is ClCCl.N#CSc1nc(Nc2ccccc2)ncc1[N+](=O)[O-].NCCCCCCN.NCCCCCCNc1nc(Nc2ccccc2)ncc1[N+](=O)[O-].O=C(NCCCCCCNc1nc(Nc2ccccc2)ncc1[N+](=O)[O-])c1ccc(-c2c3cc(F)c(=O)cc-3oc3cc(O)c(F)cc23)c(C(=O)O)c1.O=C(ON1C(=O)CCC1=O)c1ccc(-c2c3cc(F)c(=O)cc-3oc3cc(O)c(F)cc23)c(C(=O)O)c1. The van der Waals surface area contributed by atoms with Crippen molar-refractivity contribution in [3.05, 3.63) is 291 Å². The number of thioether (sulfide) groups is 1. The zero-order chi connectivity index (χ0) is 104. The number of imide groups is 1. The minimum absolute atomic E-state index is 0.000769. The number of nitrogens with zero attached hydrogens (tertiary/aromatic N) is 11. The van der Waals surface area contributed by atoms with Gasteiger partial charge in [-0.15, -0.1) is 28.3 Å². The van der Waals surface area contributed by atoms with Crippen molar-refractivity contribution in [1.82, 2.24) is 40.3 Å². The molecule has 6 heterocycles. The summed E-state index contributed by atoms with van der Waals surface area (Å²) in [4.78, 5) is 158. The molecular formula is C96H90Cl2F4N20O21S. The molecule has 48 heteroatoms. The fourth-order valence-electron chi connectivity index (χ4n) is 13.9. The van der Waals surface area contributed by atoms with E-state index in [1.165, 1.54) is 31.2 Å². The van der Waals surface area contributed by atoms with Crippen molar-refractivity contribution in [2.45, 2.75) is 94.9 Å². The van der Waals surface area contributed by atoms with E-state index < -0.39 is 102 Å². The first-order valence-electron chi connectivity index (χ1n) is 43.8. The average molecular weight is 2040 g/mol. The number of nitrogens with one attached hydrogen (secondary N) is 6. The van der Waals surface area contributed by atoms with Gasteiger partial charge in [-0.05, 0) is 154 Å². The summed E-state index contributed by atoms with van der Waals surface area (Å²) in [6, 6.07) is 41.7. The van der Waals surface area contributed by atoms with Crippen LogP contribution in [0.3, 0.4) is 0 Å². The van der Waals surface area contributed by atoms with Gasteiger partial charge in [-0.2, -0.15) is 20.2 Å². The van der Waals surface area contributed by atoms with Crippen LogP contribution in [0.15, 0.2) is 218 Å². The number of aromatic nitrogens is 6. The van der Waals surface area contributed by atoms with Gasteiger partial charge in [0.05, 0.1) is 36.8 Å². The standard InChI is InChI=1S/C37H30F2N6O8.C25H13F2NO9.C16H22N6O2.C11H7N5O2S.C6H16N2.CH2Cl2/c38-26-15-24-31(17-29(26)46)53-32-18-30(47)27(39)16-25(32)33(24)22-11-10-20(14-23(22)36(49)50)35(48)41-13-7-2-1-6-12-40-34-28(45(51)52)19-42-37(44-34)43-21-8-4-3-5-9-21;26-15-6-13-19(8-17(15)29)36-20-9-18(30)16(27)7-14(20)23(13)11-2-1-10(5-12(11)24(33)34)25(35)37-28-21(31)3-4-22(28)32;17-10-6-1-2-7-11-18-15-14(22(23)24)12-19-16(21-15)20-13-8-4-3-5-9-13;12-7-19-10-9(16(17)18)6-13-11(15-10)14-8-4-2-1-3-5-8;7-5-3-1-2-4-6-8;2-1-3/h3-5,8-11,14-19,46H,1-2,6-7,12-13H2,(H,41,48)(H,49,50)(H2,40,42,43,44);1-2,5-9,29H,3-4H2,(H,33,34);3-5,8-9,12H,1-2,6-7,10-11,17H2,(H2,18,19,20,21);1-6H,(H,13,14,15);1-8H2;1H2. The van der Waals surface area contributed by atoms with Crippen LogP contribution in [0, 0.1) is 64.3 Å². The number of hydroxylamine groups is 2. The van der Waals surface area contributed by atoms with Crippen LogP contribution in [0.2, 0.25) is 0 Å². The van der Waals surface area contributed by atoms with Crippen LogP contribution in [0.4, 0.5) is 81.2 Å². The molecule has 41 nitrogen and oxygen atoms in total. The number of phenolic OH excluding ortho intramolecular Hbond substituents is 2. The molecule has 1 fully saturated rings. The van der Waals surface area contributed by atoms with Crippen LogP contribution >= 0.6 is 35.0 Å². The molecule has 15 rings (SSSR count). The first-order chi connectivity index (χ1) is 69.3. The molecule has 0 atom stereocenters. The number of hydrogen-bond acceptors (Lipinski definition) is 35. The van der Waals surface area contributed by atoms with Crippen LogP contribution < -0.4 is 60.0 Å². The minimum atomic E-state index is -1.54. The molecule has 5 aliphatic rings. The molecule has 3 aromatic heterocycles. The Morgan fingerprint density at radius 1 is 0.479 bits per heavy atom. The van der Waals surface area contributed by atoms with Gasteiger partial charge in [0.1, 0.15) is 46.7 Å². The lowest BCUT2D eigenvalue weighted by Gasteiger charge is -2.18. The molecule has 0 spiro atoms. The molecule has 1 saturated heterocycles. The number of para-hydroxylation sites is 3. The number of thiocyanates is 1. The quantitative estimate of drug-likeness (QED) is 0.00164. The second kappa shape index (κ2) is 54.0. The number of halogens is 6. The van der Waals surface area contributed by atoms with Gasteiger partial charge in [0, 0.05) is 124 Å². The van der Waals surface area contributed by atoms with Crippen LogP contribution in [-0.4, -0.2) is 150 Å². The maximum Gasteiger partial charge on any atom is 0.363 e. The smallest absolute Gasteiger partial charge is 0.363 e. The van der Waals surface area contributed by atoms with Gasteiger partial charge in [0.15, 0.2) is 39.8 Å². The van der Waals surface area contributed by atoms with E-state index in [1.807, 2.05) is 91.0 Å². The van der Waals surface area contributed by atoms with E-state index in [4.69, 9.17) is 59.3 Å². The molecule has 16 N–H and O–H groups in total. The van der Waals surface area contributed by atoms with E-state index in [9.17, 15) is 107 Å². The highest BCUT2D eigenvalue weighted by molar-refractivity contribution is 8.03. The fourth-order valence-corrected chi connectivity index (χ4v) is 14.4. The average Bonchev–Trinajstić information content (AvgIpc) is 0.946. The Bertz CT molecular complexity index is 7050. The van der Waals surface area contributed by atoms with Crippen molar-refractivity contribution in [2.24, 2.45) is 17.2 Å². The Hall–Kier alpha value is -17.0. The summed E-state index contributed by atoms with van der Waals surface area (Å²) in [5.74, 6) is -11.4. The zero-order valence-corrected chi connectivity index (χ0v) is 78.2. The van der Waals surface area contributed by atoms with Crippen molar-refractivity contribution in [3.63, 3.8) is 0 Å². The van der Waals surface area contributed by atoms with E-state index >= 15 is 0 Å². The number of carbonyl (C=O) groups excluding carboxylic acids is 4. The van der Waals surface area contributed by atoms with Crippen molar-refractivity contribution in [3.8, 4) is 61.8 Å². The molecule has 0 radical (unpaired) electrons. The number of rotatable bonds is 37. The van der Waals surface area contributed by atoms with Gasteiger partial charge < -0.3 is 83.2 Å². The highest BCUT2D eigenvalue weighted by atomic mass is 35.5. The first kappa shape index (κ1) is 109. The van der Waals surface area contributed by atoms with Gasteiger partial charge in [-0.25, -0.2) is 46.9 Å². The van der Waals surface area contributed by atoms with Crippen LogP contribution in [-0.2, 0) is 14.4 Å². The number of aromatic carboxylic acids is 2. The summed E-state index contributed by atoms with van der Waals surface area (Å²) in [6.07, 6.45) is 14.6. The van der Waals surface area contributed by atoms with E-state index in [2.05, 4.69) is 61.8 Å². The fraction of sp³-hybridized carbons (Fsp3) is 0.219. The van der Waals surface area contributed by atoms with Gasteiger partial charge in [0.2, 0.25) is 40.3 Å². The molecule has 3 amide bonds. The molecule has 748 valence electrons. The summed E-state index contributed by atoms with van der Waals surface area (Å²) < 4.78 is 68.8. The highest BCUT2D eigenvalue weighted by Crippen LogP contribution is 2.46. The molecular weight excluding hydrogens is 1950 g/mol. The van der Waals surface area contributed by atoms with Crippen molar-refractivity contribution < 1.29 is 95.2 Å². The third kappa shape index (κ3) is 30.3. The number of unbranched alkanes of at least 4 members (excludes halogenated alkanes) is 9. The normalized spacial score (nSPS) is 11.2. The number of carboxylic acids is 2. The largest absolute Gasteiger partial charge is 0.505 e. The number of nitrogens with two attached hydrogens (primary N) is 3. The molecule has 0 unspecified atom stereocenters. The number of benzene rings is 9. The second-order valence-electron chi connectivity index (χ2n) is 30.7. The molecule has 2 aliphatic carbocycles. The van der Waals surface area contributed by atoms with Crippen molar-refractivity contribution in [2.75, 3.05) is 71.2 Å². The predicted molar refractivity (Wildman–Crippen MR) is 528 cm³/mol. The Balaban J connectivity index is 0.000000202. The Morgan fingerprint density at radius 2 is 0.847 bits per heavy atom. The third-order valence-corrected chi connectivity index (χ3v) is 21.3. The number of fused-ring (bicyclic) bond motifs is 4. The monoisotopic (exact) mass is 2040 g/mol. The van der Waals surface area contributed by atoms with E-state index in [0.717, 1.165) is 160 Å². The van der Waals surface area contributed by atoms with E-state index in [-0.39, 0.29) is 154 Å². The maximum atomic E-state index is 14.5. The lowest BCUT2D eigenvalue weighted by Crippen LogP contribution is -2.32. The maximum absolute atomic E-state index is 14.5. The summed E-state index contributed by atoms with van der Waals surface area (Å²) >= 11 is 10.2. The van der Waals surface area contributed by atoms with Gasteiger partial charge in [0.25, 0.3) is 17.7 Å². The molecule has 3 aliphatic heterocycles. The summed E-state index contributed by atoms with van der Waals surface area (Å²) in [6.45, 7) is 3.64. The number of phenols is 2. The molecule has 0 saturated carbocycles. The number of anilines is 8. The summed E-state index contributed by atoms with van der Waals surface area (Å²) in [5, 5.41) is 102. The Morgan fingerprint density at radius 3 is 1.23 bits per heavy atom. The topological polar surface area (TPSA) is 637 Å². The summed E-state index contributed by atoms with van der Waals surface area (Å²) in [5.41, 5.74) is 14.0. The lowest BCUT2D eigenvalue weighted by molar-refractivity contribution is -0.388. The van der Waals surface area contributed by atoms with E-state index in [1.54, 1.807) is 5.40 Å². The van der Waals surface area contributed by atoms with Gasteiger partial charge >= 0.3 is 35.0 Å². The van der Waals surface area contributed by atoms with Crippen LogP contribution in [0.25, 0.3) is 66.8 Å². The molecule has 0 bridgehead atoms. The first-order valence-corrected chi connectivity index (χ1v) is 45.7. The van der Waals surface area contributed by atoms with E-state index in [0.29, 0.717) is 61.7 Å². The Labute approximate surface area is 828 Å². The van der Waals surface area contributed by atoms with Crippen molar-refractivity contribution >= 4 is 156 Å². The number of carboxylic acid groups (broad SMARTS) is 2. The Kier molecular flexibility index (Phi) is 40.9. The number of hydrogen-bond donors (Lipinski definition) is 13. The van der Waals surface area contributed by atoms with Crippen LogP contribution in [0.1, 0.15) is 131 Å². The highest BCUT2D eigenvalue weighted by Gasteiger charge is 2.35. The van der Waals surface area contributed by atoms with Crippen molar-refractivity contribution in [1.29, 1.82) is 5.26 Å².